The van der Waals surface area contributed by atoms with Crippen LogP contribution in [0.25, 0.3) is 0 Å². The lowest BCUT2D eigenvalue weighted by Gasteiger charge is -2.31. The summed E-state index contributed by atoms with van der Waals surface area (Å²) < 4.78 is 0. The molecule has 5 heteroatoms. The number of anilines is 1. The van der Waals surface area contributed by atoms with Crippen molar-refractivity contribution < 1.29 is 4.79 Å². The fourth-order valence-electron chi connectivity index (χ4n) is 3.94. The van der Waals surface area contributed by atoms with Gasteiger partial charge in [0.25, 0.3) is 5.91 Å². The molecule has 1 atom stereocenters. The second kappa shape index (κ2) is 7.97. The molecular formula is C19H30N4O. The SMILES string of the molecule is CN(C)C(=O)c1cccc(NCC2CCN(C3CCCCC3)C2)n1. The quantitative estimate of drug-likeness (QED) is 0.902. The van der Waals surface area contributed by atoms with Crippen LogP contribution in [0.4, 0.5) is 5.82 Å². The number of rotatable bonds is 5. The van der Waals surface area contributed by atoms with Gasteiger partial charge >= 0.3 is 0 Å². The van der Waals surface area contributed by atoms with Crippen molar-refractivity contribution >= 4 is 11.7 Å². The minimum Gasteiger partial charge on any atom is -0.370 e. The van der Waals surface area contributed by atoms with Gasteiger partial charge in [0, 0.05) is 33.2 Å². The van der Waals surface area contributed by atoms with Gasteiger partial charge < -0.3 is 15.1 Å². The van der Waals surface area contributed by atoms with Gasteiger partial charge in [0.05, 0.1) is 0 Å². The monoisotopic (exact) mass is 330 g/mol. The smallest absolute Gasteiger partial charge is 0.272 e. The number of hydrogen-bond donors (Lipinski definition) is 1. The van der Waals surface area contributed by atoms with Gasteiger partial charge in [-0.1, -0.05) is 25.3 Å². The van der Waals surface area contributed by atoms with Crippen LogP contribution in [0, 0.1) is 5.92 Å². The van der Waals surface area contributed by atoms with E-state index in [4.69, 9.17) is 0 Å². The lowest BCUT2D eigenvalue weighted by molar-refractivity contribution is 0.0822. The van der Waals surface area contributed by atoms with E-state index in [0.717, 1.165) is 18.4 Å². The van der Waals surface area contributed by atoms with Crippen LogP contribution in [0.15, 0.2) is 18.2 Å². The fourth-order valence-corrected chi connectivity index (χ4v) is 3.94. The molecule has 1 saturated carbocycles. The van der Waals surface area contributed by atoms with Gasteiger partial charge in [-0.15, -0.1) is 0 Å². The van der Waals surface area contributed by atoms with Gasteiger partial charge in [-0.05, 0) is 43.9 Å². The second-order valence-electron chi connectivity index (χ2n) is 7.43. The molecule has 2 aliphatic rings. The minimum atomic E-state index is -0.0528. The average molecular weight is 330 g/mol. The largest absolute Gasteiger partial charge is 0.370 e. The summed E-state index contributed by atoms with van der Waals surface area (Å²) in [6.07, 6.45) is 8.26. The number of aromatic nitrogens is 1. The minimum absolute atomic E-state index is 0.0528. The van der Waals surface area contributed by atoms with Crippen molar-refractivity contribution in [2.24, 2.45) is 5.92 Å². The van der Waals surface area contributed by atoms with E-state index in [1.54, 1.807) is 25.1 Å². The molecule has 0 spiro atoms. The maximum absolute atomic E-state index is 12.0. The molecule has 24 heavy (non-hydrogen) atoms. The van der Waals surface area contributed by atoms with Gasteiger partial charge in [0.2, 0.25) is 0 Å². The molecule has 5 nitrogen and oxygen atoms in total. The number of carbonyl (C=O) groups excluding carboxylic acids is 1. The molecule has 1 amide bonds. The summed E-state index contributed by atoms with van der Waals surface area (Å²) in [5.41, 5.74) is 0.500. The van der Waals surface area contributed by atoms with E-state index in [9.17, 15) is 4.79 Å². The Bertz CT molecular complexity index is 554. The second-order valence-corrected chi connectivity index (χ2v) is 7.43. The predicted octanol–water partition coefficient (Wildman–Crippen LogP) is 2.85. The lowest BCUT2D eigenvalue weighted by atomic mass is 9.94. The third-order valence-electron chi connectivity index (χ3n) is 5.35. The summed E-state index contributed by atoms with van der Waals surface area (Å²) in [4.78, 5) is 20.7. The normalized spacial score (nSPS) is 22.5. The summed E-state index contributed by atoms with van der Waals surface area (Å²) in [6, 6.07) is 6.44. The van der Waals surface area contributed by atoms with E-state index < -0.39 is 0 Å². The zero-order valence-electron chi connectivity index (χ0n) is 15.0. The predicted molar refractivity (Wildman–Crippen MR) is 97.3 cm³/mol. The molecule has 132 valence electrons. The first-order valence-electron chi connectivity index (χ1n) is 9.30. The first-order valence-corrected chi connectivity index (χ1v) is 9.30. The molecule has 1 aromatic rings. The van der Waals surface area contributed by atoms with Crippen LogP contribution >= 0.6 is 0 Å². The number of nitrogens with zero attached hydrogens (tertiary/aromatic N) is 3. The Kier molecular flexibility index (Phi) is 5.72. The summed E-state index contributed by atoms with van der Waals surface area (Å²) in [7, 11) is 3.50. The summed E-state index contributed by atoms with van der Waals surface area (Å²) >= 11 is 0. The molecule has 0 bridgehead atoms. The fraction of sp³-hybridized carbons (Fsp3) is 0.684. The highest BCUT2D eigenvalue weighted by Gasteiger charge is 2.28. The van der Waals surface area contributed by atoms with Crippen molar-refractivity contribution in [3.63, 3.8) is 0 Å². The number of likely N-dealkylation sites (tertiary alicyclic amines) is 1. The zero-order valence-corrected chi connectivity index (χ0v) is 15.0. The summed E-state index contributed by atoms with van der Waals surface area (Å²) in [6.45, 7) is 3.38. The average Bonchev–Trinajstić information content (AvgIpc) is 3.09. The van der Waals surface area contributed by atoms with Gasteiger partial charge in [0.1, 0.15) is 11.5 Å². The van der Waals surface area contributed by atoms with E-state index in [2.05, 4.69) is 15.2 Å². The highest BCUT2D eigenvalue weighted by Crippen LogP contribution is 2.27. The number of amides is 1. The van der Waals surface area contributed by atoms with E-state index >= 15 is 0 Å². The first kappa shape index (κ1) is 17.2. The summed E-state index contributed by atoms with van der Waals surface area (Å²) in [5, 5.41) is 3.44. The number of carbonyl (C=O) groups is 1. The molecule has 3 rings (SSSR count). The molecule has 0 aromatic carbocycles. The van der Waals surface area contributed by atoms with E-state index in [1.165, 1.54) is 51.6 Å². The Morgan fingerprint density at radius 1 is 1.25 bits per heavy atom. The topological polar surface area (TPSA) is 48.5 Å². The molecule has 0 radical (unpaired) electrons. The Hall–Kier alpha value is -1.62. The van der Waals surface area contributed by atoms with Gasteiger partial charge in [-0.2, -0.15) is 0 Å². The van der Waals surface area contributed by atoms with Crippen LogP contribution in [0.5, 0.6) is 0 Å². The molecule has 1 unspecified atom stereocenters. The van der Waals surface area contributed by atoms with Crippen molar-refractivity contribution in [1.29, 1.82) is 0 Å². The molecule has 1 aliphatic carbocycles. The first-order chi connectivity index (χ1) is 11.6. The van der Waals surface area contributed by atoms with Crippen molar-refractivity contribution in [2.45, 2.75) is 44.6 Å². The van der Waals surface area contributed by atoms with Crippen LogP contribution in [-0.4, -0.2) is 60.5 Å². The van der Waals surface area contributed by atoms with Gasteiger partial charge in [0.15, 0.2) is 0 Å². The number of nitrogens with one attached hydrogen (secondary N) is 1. The molecule has 1 saturated heterocycles. The molecular weight excluding hydrogens is 300 g/mol. The molecule has 1 aromatic heterocycles. The Balaban J connectivity index is 1.49. The third kappa shape index (κ3) is 4.26. The van der Waals surface area contributed by atoms with Crippen LogP contribution in [0.3, 0.4) is 0 Å². The van der Waals surface area contributed by atoms with E-state index in [1.807, 2.05) is 12.1 Å². The highest BCUT2D eigenvalue weighted by molar-refractivity contribution is 5.92. The van der Waals surface area contributed by atoms with Crippen molar-refractivity contribution in [3.05, 3.63) is 23.9 Å². The van der Waals surface area contributed by atoms with Crippen LogP contribution in [-0.2, 0) is 0 Å². The Morgan fingerprint density at radius 3 is 2.79 bits per heavy atom. The Labute approximate surface area is 145 Å². The van der Waals surface area contributed by atoms with Crippen LogP contribution in [0.1, 0.15) is 49.0 Å². The highest BCUT2D eigenvalue weighted by atomic mass is 16.2. The molecule has 2 fully saturated rings. The van der Waals surface area contributed by atoms with Gasteiger partial charge in [-0.3, -0.25) is 4.79 Å². The number of pyridine rings is 1. The molecule has 1 aliphatic heterocycles. The van der Waals surface area contributed by atoms with Gasteiger partial charge in [-0.25, -0.2) is 4.98 Å². The maximum Gasteiger partial charge on any atom is 0.272 e. The lowest BCUT2D eigenvalue weighted by Crippen LogP contribution is -2.35. The van der Waals surface area contributed by atoms with E-state index in [-0.39, 0.29) is 5.91 Å². The number of hydrogen-bond acceptors (Lipinski definition) is 4. The van der Waals surface area contributed by atoms with Crippen LogP contribution < -0.4 is 5.32 Å². The van der Waals surface area contributed by atoms with Crippen molar-refractivity contribution in [3.8, 4) is 0 Å². The standard InChI is InChI=1S/C19H30N4O/c1-22(2)19(24)17-9-6-10-18(21-17)20-13-15-11-12-23(14-15)16-7-4-3-5-8-16/h6,9-10,15-16H,3-5,7-8,11-14H2,1-2H3,(H,20,21). The molecule has 2 heterocycles. The molecule has 1 N–H and O–H groups in total. The zero-order chi connectivity index (χ0) is 16.9. The van der Waals surface area contributed by atoms with E-state index in [0.29, 0.717) is 11.6 Å². The summed E-state index contributed by atoms with van der Waals surface area (Å²) in [5.74, 6) is 1.43. The third-order valence-corrected chi connectivity index (χ3v) is 5.35. The van der Waals surface area contributed by atoms with Crippen LogP contribution in [0.2, 0.25) is 0 Å². The Morgan fingerprint density at radius 2 is 2.04 bits per heavy atom. The van der Waals surface area contributed by atoms with Crippen molar-refractivity contribution in [2.75, 3.05) is 39.0 Å². The maximum atomic E-state index is 12.0. The van der Waals surface area contributed by atoms with Crippen molar-refractivity contribution in [1.82, 2.24) is 14.8 Å².